The van der Waals surface area contributed by atoms with Gasteiger partial charge in [-0.15, -0.1) is 11.8 Å². The molecule has 37 heavy (non-hydrogen) atoms. The van der Waals surface area contributed by atoms with Gasteiger partial charge >= 0.3 is 12.0 Å². The van der Waals surface area contributed by atoms with Crippen LogP contribution in [0.3, 0.4) is 0 Å². The number of nitrogens with one attached hydrogen (secondary N) is 4. The van der Waals surface area contributed by atoms with Crippen LogP contribution in [0, 0.1) is 0 Å². The summed E-state index contributed by atoms with van der Waals surface area (Å²) < 4.78 is 5.42. The van der Waals surface area contributed by atoms with Crippen LogP contribution in [0.15, 0.2) is 11.3 Å². The molecular formula is C23H33N5O7S2. The summed E-state index contributed by atoms with van der Waals surface area (Å²) in [7, 11) is 0. The predicted molar refractivity (Wildman–Crippen MR) is 138 cm³/mol. The molecule has 5 N–H and O–H groups in total. The van der Waals surface area contributed by atoms with E-state index >= 15 is 0 Å². The van der Waals surface area contributed by atoms with E-state index in [0.717, 1.165) is 25.0 Å². The van der Waals surface area contributed by atoms with Gasteiger partial charge in [0.25, 0.3) is 5.91 Å². The van der Waals surface area contributed by atoms with Crippen molar-refractivity contribution in [1.82, 2.24) is 26.2 Å². The molecule has 5 amide bonds. The molecule has 4 aliphatic heterocycles. The lowest BCUT2D eigenvalue weighted by atomic mass is 10.0. The number of carboxylic acids is 1. The van der Waals surface area contributed by atoms with Crippen molar-refractivity contribution < 1.29 is 33.8 Å². The highest BCUT2D eigenvalue weighted by Crippen LogP contribution is 2.40. The Kier molecular flexibility index (Phi) is 9.24. The summed E-state index contributed by atoms with van der Waals surface area (Å²) in [5, 5.41) is 20.7. The van der Waals surface area contributed by atoms with Gasteiger partial charge in [-0.3, -0.25) is 19.3 Å². The van der Waals surface area contributed by atoms with Gasteiger partial charge in [-0.2, -0.15) is 11.8 Å². The second kappa shape index (κ2) is 12.4. The molecule has 3 fully saturated rings. The van der Waals surface area contributed by atoms with Gasteiger partial charge in [0.2, 0.25) is 11.8 Å². The third kappa shape index (κ3) is 6.52. The van der Waals surface area contributed by atoms with E-state index < -0.39 is 23.3 Å². The summed E-state index contributed by atoms with van der Waals surface area (Å²) in [5.74, 6) is -0.518. The van der Waals surface area contributed by atoms with Crippen LogP contribution in [0.4, 0.5) is 4.79 Å². The number of aliphatic carboxylic acids is 1. The number of unbranched alkanes of at least 4 members (excludes halogenated alkanes) is 1. The molecule has 4 aliphatic rings. The van der Waals surface area contributed by atoms with Crippen LogP contribution in [-0.2, 0) is 23.9 Å². The van der Waals surface area contributed by atoms with Crippen molar-refractivity contribution in [2.75, 3.05) is 31.3 Å². The first-order valence-corrected chi connectivity index (χ1v) is 14.6. The van der Waals surface area contributed by atoms with Crippen molar-refractivity contribution in [3.05, 3.63) is 11.3 Å². The fourth-order valence-corrected chi connectivity index (χ4v) is 7.75. The zero-order valence-corrected chi connectivity index (χ0v) is 22.3. The minimum Gasteiger partial charge on any atom is -0.477 e. The standard InChI is InChI=1S/C23H33N5O7S2/c1-12-10-37-21-18(20(31)28(21)19(12)22(32)33)26-16(30)6-8-35-9-7-24-15(29)5-3-2-4-14-17-13(11-36-14)25-23(34)27-17/h13-14,17-18,21H,2-11H2,1H3,(H,24,29)(H,26,30)(H,32,33)(H2,25,27,34)/t13-,14-,17-,18-,21-/m0/s1. The Morgan fingerprint density at radius 1 is 1.11 bits per heavy atom. The summed E-state index contributed by atoms with van der Waals surface area (Å²) in [4.78, 5) is 60.7. The number of hydrogen-bond acceptors (Lipinski definition) is 8. The van der Waals surface area contributed by atoms with Crippen molar-refractivity contribution in [3.63, 3.8) is 0 Å². The average Bonchev–Trinajstić information content (AvgIpc) is 3.41. The Balaban J connectivity index is 1.01. The van der Waals surface area contributed by atoms with Gasteiger partial charge in [-0.05, 0) is 25.3 Å². The van der Waals surface area contributed by atoms with E-state index in [-0.39, 0.29) is 55.3 Å². The topological polar surface area (TPSA) is 166 Å². The van der Waals surface area contributed by atoms with Gasteiger partial charge in [-0.25, -0.2) is 9.59 Å². The second-order valence-electron chi connectivity index (χ2n) is 9.47. The van der Waals surface area contributed by atoms with E-state index in [1.165, 1.54) is 16.7 Å². The summed E-state index contributed by atoms with van der Waals surface area (Å²) in [6.07, 6.45) is 3.16. The second-order valence-corrected chi connectivity index (χ2v) is 11.8. The number of carboxylic acid groups (broad SMARTS) is 1. The van der Waals surface area contributed by atoms with Gasteiger partial charge < -0.3 is 31.1 Å². The summed E-state index contributed by atoms with van der Waals surface area (Å²) >= 11 is 3.30. The first kappa shape index (κ1) is 27.6. The zero-order valence-electron chi connectivity index (χ0n) is 20.6. The Labute approximate surface area is 223 Å². The third-order valence-corrected chi connectivity index (χ3v) is 9.73. The fourth-order valence-electron chi connectivity index (χ4n) is 4.91. The van der Waals surface area contributed by atoms with Crippen molar-refractivity contribution >= 4 is 53.2 Å². The van der Waals surface area contributed by atoms with E-state index in [4.69, 9.17) is 4.74 Å². The average molecular weight is 556 g/mol. The summed E-state index contributed by atoms with van der Waals surface area (Å²) in [6.45, 7) is 2.45. The zero-order chi connectivity index (χ0) is 26.5. The minimum absolute atomic E-state index is 0.00667. The van der Waals surface area contributed by atoms with Crippen LogP contribution in [0.5, 0.6) is 0 Å². The Hall–Kier alpha value is -2.45. The quantitative estimate of drug-likeness (QED) is 0.119. The van der Waals surface area contributed by atoms with Crippen LogP contribution in [0.2, 0.25) is 0 Å². The van der Waals surface area contributed by atoms with Gasteiger partial charge in [0.1, 0.15) is 17.1 Å². The van der Waals surface area contributed by atoms with E-state index in [0.29, 0.717) is 29.5 Å². The van der Waals surface area contributed by atoms with Gasteiger partial charge in [0, 0.05) is 36.1 Å². The molecule has 0 bridgehead atoms. The largest absolute Gasteiger partial charge is 0.477 e. The number of nitrogens with zero attached hydrogens (tertiary/aromatic N) is 1. The molecule has 0 aromatic carbocycles. The maximum absolute atomic E-state index is 12.4. The number of ether oxygens (including phenoxy) is 1. The van der Waals surface area contributed by atoms with Crippen molar-refractivity contribution in [1.29, 1.82) is 0 Å². The predicted octanol–water partition coefficient (Wildman–Crippen LogP) is -0.00640. The molecule has 4 rings (SSSR count). The molecule has 0 aliphatic carbocycles. The molecule has 3 saturated heterocycles. The molecule has 0 spiro atoms. The molecule has 0 radical (unpaired) electrons. The molecular weight excluding hydrogens is 522 g/mol. The van der Waals surface area contributed by atoms with Gasteiger partial charge in [0.05, 0.1) is 25.3 Å². The SMILES string of the molecule is CC1=C(C(=O)O)N2C(=O)[C@H](NC(=O)CCOCCNC(=O)CCCC[C@@H]3SC[C@@H]4NC(=O)N[C@@H]43)[C@@H]2SC1. The Morgan fingerprint density at radius 3 is 2.70 bits per heavy atom. The molecule has 204 valence electrons. The maximum atomic E-state index is 12.4. The number of β-lactam (4-membered cyclic amide) rings is 1. The summed E-state index contributed by atoms with van der Waals surface area (Å²) in [5.41, 5.74) is 0.638. The van der Waals surface area contributed by atoms with Gasteiger partial charge in [-0.1, -0.05) is 6.42 Å². The van der Waals surface area contributed by atoms with E-state index in [1.54, 1.807) is 6.92 Å². The molecule has 4 heterocycles. The lowest BCUT2D eigenvalue weighted by molar-refractivity contribution is -0.150. The van der Waals surface area contributed by atoms with Gasteiger partial charge in [0.15, 0.2) is 0 Å². The van der Waals surface area contributed by atoms with Crippen molar-refractivity contribution in [2.24, 2.45) is 0 Å². The maximum Gasteiger partial charge on any atom is 0.352 e. The number of hydrogen-bond donors (Lipinski definition) is 5. The highest BCUT2D eigenvalue weighted by molar-refractivity contribution is 8.00. The van der Waals surface area contributed by atoms with Crippen LogP contribution >= 0.6 is 23.5 Å². The lowest BCUT2D eigenvalue weighted by Gasteiger charge is -2.49. The number of amides is 5. The molecule has 12 nitrogen and oxygen atoms in total. The number of urea groups is 1. The first-order chi connectivity index (χ1) is 17.8. The molecule has 0 saturated carbocycles. The smallest absolute Gasteiger partial charge is 0.352 e. The number of thioether (sulfide) groups is 2. The molecule has 0 aromatic heterocycles. The van der Waals surface area contributed by atoms with Crippen molar-refractivity contribution in [3.8, 4) is 0 Å². The fraction of sp³-hybridized carbons (Fsp3) is 0.696. The highest BCUT2D eigenvalue weighted by Gasteiger charge is 2.53. The van der Waals surface area contributed by atoms with Crippen LogP contribution in [0.25, 0.3) is 0 Å². The summed E-state index contributed by atoms with van der Waals surface area (Å²) in [6, 6.07) is -0.421. The molecule has 14 heteroatoms. The monoisotopic (exact) mass is 555 g/mol. The molecule has 0 unspecified atom stereocenters. The number of carbonyl (C=O) groups is 5. The first-order valence-electron chi connectivity index (χ1n) is 12.5. The Bertz CT molecular complexity index is 977. The van der Waals surface area contributed by atoms with Crippen molar-refractivity contribution in [2.45, 2.75) is 67.8 Å². The lowest BCUT2D eigenvalue weighted by Crippen LogP contribution is -2.70. The normalized spacial score (nSPS) is 28.1. The molecule has 0 aromatic rings. The van der Waals surface area contributed by atoms with Crippen LogP contribution in [-0.4, -0.2) is 99.7 Å². The minimum atomic E-state index is -1.14. The number of carbonyl (C=O) groups excluding carboxylic acids is 4. The van der Waals surface area contributed by atoms with Crippen LogP contribution < -0.4 is 21.3 Å². The van der Waals surface area contributed by atoms with Crippen LogP contribution in [0.1, 0.15) is 39.0 Å². The van der Waals surface area contributed by atoms with E-state index in [2.05, 4.69) is 21.3 Å². The highest BCUT2D eigenvalue weighted by atomic mass is 32.2. The van der Waals surface area contributed by atoms with E-state index in [9.17, 15) is 29.1 Å². The molecule has 5 atom stereocenters. The Morgan fingerprint density at radius 2 is 1.92 bits per heavy atom. The third-order valence-electron chi connectivity index (χ3n) is 6.80. The number of rotatable bonds is 13. The number of fused-ring (bicyclic) bond motifs is 2. The van der Waals surface area contributed by atoms with E-state index in [1.807, 2.05) is 11.8 Å².